The van der Waals surface area contributed by atoms with Gasteiger partial charge in [-0.05, 0) is 24.8 Å². The quantitative estimate of drug-likeness (QED) is 0.756. The van der Waals surface area contributed by atoms with Gasteiger partial charge in [0.05, 0.1) is 5.92 Å². The number of aliphatic carboxylic acids is 1. The van der Waals surface area contributed by atoms with Crippen LogP contribution >= 0.6 is 0 Å². The van der Waals surface area contributed by atoms with Crippen molar-refractivity contribution >= 4 is 11.9 Å². The van der Waals surface area contributed by atoms with Crippen LogP contribution in [0.4, 0.5) is 0 Å². The van der Waals surface area contributed by atoms with Crippen LogP contribution in [0, 0.1) is 5.92 Å². The maximum Gasteiger partial charge on any atom is 0.306 e. The number of benzene rings is 1. The van der Waals surface area contributed by atoms with Crippen LogP contribution in [0.15, 0.2) is 30.3 Å². The van der Waals surface area contributed by atoms with Gasteiger partial charge in [-0.15, -0.1) is 0 Å². The van der Waals surface area contributed by atoms with E-state index in [-0.39, 0.29) is 5.91 Å². The predicted molar refractivity (Wildman–Crippen MR) is 73.8 cm³/mol. The Morgan fingerprint density at radius 2 is 1.95 bits per heavy atom. The number of rotatable bonds is 8. The van der Waals surface area contributed by atoms with Crippen molar-refractivity contribution in [1.82, 2.24) is 5.32 Å². The van der Waals surface area contributed by atoms with Crippen molar-refractivity contribution in [3.8, 4) is 0 Å². The third kappa shape index (κ3) is 6.60. The van der Waals surface area contributed by atoms with Gasteiger partial charge in [-0.1, -0.05) is 37.3 Å². The Morgan fingerprint density at radius 1 is 1.26 bits per heavy atom. The molecule has 0 aliphatic rings. The Morgan fingerprint density at radius 3 is 2.58 bits per heavy atom. The number of hydrogen-bond donors (Lipinski definition) is 2. The average molecular weight is 263 g/mol. The number of carbonyl (C=O) groups excluding carboxylic acids is 1. The molecular formula is C15H21NO3. The fourth-order valence-corrected chi connectivity index (χ4v) is 1.74. The van der Waals surface area contributed by atoms with E-state index in [1.54, 1.807) is 6.92 Å². The first-order valence-corrected chi connectivity index (χ1v) is 6.63. The average Bonchev–Trinajstić information content (AvgIpc) is 2.39. The highest BCUT2D eigenvalue weighted by Crippen LogP contribution is 2.04. The highest BCUT2D eigenvalue weighted by atomic mass is 16.4. The number of hydrogen-bond acceptors (Lipinski definition) is 2. The van der Waals surface area contributed by atoms with Gasteiger partial charge < -0.3 is 10.4 Å². The molecule has 0 bridgehead atoms. The van der Waals surface area contributed by atoms with Gasteiger partial charge in [0.1, 0.15) is 0 Å². The van der Waals surface area contributed by atoms with Gasteiger partial charge >= 0.3 is 5.97 Å². The molecule has 0 saturated carbocycles. The van der Waals surface area contributed by atoms with Gasteiger partial charge in [0.2, 0.25) is 5.91 Å². The predicted octanol–water partition coefficient (Wildman–Crippen LogP) is 2.24. The second kappa shape index (κ2) is 8.29. The highest BCUT2D eigenvalue weighted by Gasteiger charge is 2.10. The molecule has 1 amide bonds. The summed E-state index contributed by atoms with van der Waals surface area (Å²) in [7, 11) is 0. The maximum atomic E-state index is 11.5. The van der Waals surface area contributed by atoms with Crippen LogP contribution in [-0.4, -0.2) is 23.5 Å². The summed E-state index contributed by atoms with van der Waals surface area (Å²) in [5.41, 5.74) is 1.23. The van der Waals surface area contributed by atoms with Gasteiger partial charge in [0.25, 0.3) is 0 Å². The fraction of sp³-hybridized carbons (Fsp3) is 0.467. The molecule has 4 heteroatoms. The van der Waals surface area contributed by atoms with Crippen molar-refractivity contribution < 1.29 is 14.7 Å². The minimum absolute atomic E-state index is 0.00600. The topological polar surface area (TPSA) is 66.4 Å². The number of nitrogens with one attached hydrogen (secondary N) is 1. The van der Waals surface area contributed by atoms with E-state index < -0.39 is 11.9 Å². The van der Waals surface area contributed by atoms with Crippen LogP contribution < -0.4 is 5.32 Å². The molecule has 2 N–H and O–H groups in total. The van der Waals surface area contributed by atoms with Crippen molar-refractivity contribution in [2.45, 2.75) is 32.6 Å². The van der Waals surface area contributed by atoms with E-state index in [4.69, 9.17) is 5.11 Å². The molecule has 0 saturated heterocycles. The van der Waals surface area contributed by atoms with Gasteiger partial charge in [0, 0.05) is 13.0 Å². The summed E-state index contributed by atoms with van der Waals surface area (Å²) in [6, 6.07) is 10.0. The molecule has 1 rings (SSSR count). The first kappa shape index (κ1) is 15.2. The van der Waals surface area contributed by atoms with Crippen molar-refractivity contribution in [2.24, 2.45) is 5.92 Å². The van der Waals surface area contributed by atoms with Crippen molar-refractivity contribution in [1.29, 1.82) is 0 Å². The highest BCUT2D eigenvalue weighted by molar-refractivity contribution is 5.76. The molecule has 0 heterocycles. The Hall–Kier alpha value is -1.84. The largest absolute Gasteiger partial charge is 0.481 e. The summed E-state index contributed by atoms with van der Waals surface area (Å²) in [6.45, 7) is 2.07. The van der Waals surface area contributed by atoms with Crippen LogP contribution in [-0.2, 0) is 16.0 Å². The number of carboxylic acid groups (broad SMARTS) is 1. The van der Waals surface area contributed by atoms with E-state index >= 15 is 0 Å². The van der Waals surface area contributed by atoms with E-state index in [0.29, 0.717) is 19.4 Å². The van der Waals surface area contributed by atoms with Crippen LogP contribution in [0.1, 0.15) is 31.7 Å². The second-order valence-electron chi connectivity index (χ2n) is 4.72. The molecular weight excluding hydrogens is 242 g/mol. The van der Waals surface area contributed by atoms with Gasteiger partial charge in [0.15, 0.2) is 0 Å². The number of carbonyl (C=O) groups is 2. The second-order valence-corrected chi connectivity index (χ2v) is 4.72. The summed E-state index contributed by atoms with van der Waals surface area (Å²) < 4.78 is 0. The molecule has 0 fully saturated rings. The lowest BCUT2D eigenvalue weighted by Crippen LogP contribution is -2.26. The summed E-state index contributed by atoms with van der Waals surface area (Å²) in [6.07, 6.45) is 2.65. The van der Waals surface area contributed by atoms with Crippen molar-refractivity contribution in [3.05, 3.63) is 35.9 Å². The van der Waals surface area contributed by atoms with Crippen molar-refractivity contribution in [2.75, 3.05) is 6.54 Å². The van der Waals surface area contributed by atoms with E-state index in [0.717, 1.165) is 12.8 Å². The minimum Gasteiger partial charge on any atom is -0.481 e. The zero-order chi connectivity index (χ0) is 14.1. The zero-order valence-corrected chi connectivity index (χ0v) is 11.3. The lowest BCUT2D eigenvalue weighted by molar-refractivity contribution is -0.141. The lowest BCUT2D eigenvalue weighted by Gasteiger charge is -2.07. The number of aryl methyl sites for hydroxylation is 1. The molecule has 0 radical (unpaired) electrons. The van der Waals surface area contributed by atoms with Crippen LogP contribution in [0.2, 0.25) is 0 Å². The molecule has 19 heavy (non-hydrogen) atoms. The Kier molecular flexibility index (Phi) is 6.64. The first-order chi connectivity index (χ1) is 9.09. The van der Waals surface area contributed by atoms with Crippen LogP contribution in [0.5, 0.6) is 0 Å². The maximum absolute atomic E-state index is 11.5. The molecule has 0 aliphatic heterocycles. The van der Waals surface area contributed by atoms with Crippen molar-refractivity contribution in [3.63, 3.8) is 0 Å². The first-order valence-electron chi connectivity index (χ1n) is 6.63. The van der Waals surface area contributed by atoms with Gasteiger partial charge in [-0.3, -0.25) is 9.59 Å². The Bertz CT molecular complexity index is 403. The lowest BCUT2D eigenvalue weighted by atomic mass is 10.1. The van der Waals surface area contributed by atoms with E-state index in [1.807, 2.05) is 30.3 Å². The fourth-order valence-electron chi connectivity index (χ4n) is 1.74. The number of carboxylic acids is 1. The number of amides is 1. The smallest absolute Gasteiger partial charge is 0.306 e. The monoisotopic (exact) mass is 263 g/mol. The summed E-state index contributed by atoms with van der Waals surface area (Å²) in [5.74, 6) is -1.24. The van der Waals surface area contributed by atoms with Gasteiger partial charge in [-0.2, -0.15) is 0 Å². The molecule has 0 spiro atoms. The summed E-state index contributed by atoms with van der Waals surface area (Å²) in [5, 5.41) is 11.5. The molecule has 1 aromatic carbocycles. The molecule has 4 nitrogen and oxygen atoms in total. The SMILES string of the molecule is CC(CCNC(=O)CCCc1ccccc1)C(=O)O. The normalized spacial score (nSPS) is 11.8. The Balaban J connectivity index is 2.10. The molecule has 1 atom stereocenters. The van der Waals surface area contributed by atoms with Crippen LogP contribution in [0.25, 0.3) is 0 Å². The molecule has 0 aromatic heterocycles. The molecule has 104 valence electrons. The summed E-state index contributed by atoms with van der Waals surface area (Å²) >= 11 is 0. The third-order valence-electron chi connectivity index (χ3n) is 3.03. The van der Waals surface area contributed by atoms with E-state index in [1.165, 1.54) is 5.56 Å². The third-order valence-corrected chi connectivity index (χ3v) is 3.03. The summed E-state index contributed by atoms with van der Waals surface area (Å²) in [4.78, 5) is 22.1. The van der Waals surface area contributed by atoms with Crippen LogP contribution in [0.3, 0.4) is 0 Å². The molecule has 0 aliphatic carbocycles. The minimum atomic E-state index is -0.821. The molecule has 1 unspecified atom stereocenters. The van der Waals surface area contributed by atoms with E-state index in [2.05, 4.69) is 5.32 Å². The Labute approximate surface area is 113 Å². The zero-order valence-electron chi connectivity index (χ0n) is 11.3. The van der Waals surface area contributed by atoms with E-state index in [9.17, 15) is 9.59 Å². The molecule has 1 aromatic rings. The standard InChI is InChI=1S/C15H21NO3/c1-12(15(18)19)10-11-16-14(17)9-5-8-13-6-3-2-4-7-13/h2-4,6-7,12H,5,8-11H2,1H3,(H,16,17)(H,18,19). The van der Waals surface area contributed by atoms with Gasteiger partial charge in [-0.25, -0.2) is 0 Å².